The monoisotopic (exact) mass is 178 g/mol. The van der Waals surface area contributed by atoms with Gasteiger partial charge in [0, 0.05) is 6.61 Å². The average molecular weight is 179 g/mol. The Hall–Kier alpha value is -0.280. The number of carbonyl (C=O) groups excluding carboxylic acids is 1. The Kier molecular flexibility index (Phi) is 3.66. The van der Waals surface area contributed by atoms with Crippen LogP contribution in [0.3, 0.4) is 0 Å². The molecule has 1 aliphatic rings. The van der Waals surface area contributed by atoms with Gasteiger partial charge in [-0.25, -0.2) is 0 Å². The van der Waals surface area contributed by atoms with Gasteiger partial charge in [0.1, 0.15) is 0 Å². The second kappa shape index (κ2) is 4.57. The molecule has 0 aromatic rings. The van der Waals surface area contributed by atoms with E-state index in [0.717, 1.165) is 13.0 Å². The summed E-state index contributed by atoms with van der Waals surface area (Å²) in [4.78, 5) is 10.8. The SMILES string of the molecule is O=C(CC1CCOC1)OCCl. The molecule has 0 aromatic carbocycles. The third-order valence-corrected chi connectivity index (χ3v) is 1.80. The van der Waals surface area contributed by atoms with Crippen LogP contribution in [0.25, 0.3) is 0 Å². The van der Waals surface area contributed by atoms with Gasteiger partial charge in [-0.05, 0) is 12.3 Å². The lowest BCUT2D eigenvalue weighted by atomic mass is 10.1. The summed E-state index contributed by atoms with van der Waals surface area (Å²) in [7, 11) is 0. The van der Waals surface area contributed by atoms with Gasteiger partial charge in [-0.2, -0.15) is 0 Å². The summed E-state index contributed by atoms with van der Waals surface area (Å²) < 4.78 is 9.67. The fourth-order valence-electron chi connectivity index (χ4n) is 1.10. The largest absolute Gasteiger partial charge is 0.449 e. The summed E-state index contributed by atoms with van der Waals surface area (Å²) in [5.74, 6) is 0.112. The van der Waals surface area contributed by atoms with E-state index in [1.807, 2.05) is 0 Å². The Balaban J connectivity index is 2.13. The highest BCUT2D eigenvalue weighted by Gasteiger charge is 2.19. The summed E-state index contributed by atoms with van der Waals surface area (Å²) in [6, 6.07) is -0.0492. The van der Waals surface area contributed by atoms with Gasteiger partial charge in [0.15, 0.2) is 6.07 Å². The Labute approximate surface area is 70.6 Å². The van der Waals surface area contributed by atoms with E-state index in [1.54, 1.807) is 0 Å². The van der Waals surface area contributed by atoms with Gasteiger partial charge >= 0.3 is 5.97 Å². The number of rotatable bonds is 3. The van der Waals surface area contributed by atoms with Crippen LogP contribution in [0, 0.1) is 5.92 Å². The lowest BCUT2D eigenvalue weighted by Crippen LogP contribution is -2.10. The lowest BCUT2D eigenvalue weighted by Gasteiger charge is -2.04. The minimum Gasteiger partial charge on any atom is -0.449 e. The van der Waals surface area contributed by atoms with Crippen molar-refractivity contribution in [1.29, 1.82) is 0 Å². The maximum Gasteiger partial charge on any atom is 0.307 e. The number of hydrogen-bond acceptors (Lipinski definition) is 3. The molecule has 64 valence electrons. The van der Waals surface area contributed by atoms with E-state index in [4.69, 9.17) is 16.3 Å². The second-order valence-corrected chi connectivity index (χ2v) is 2.78. The molecule has 11 heavy (non-hydrogen) atoms. The topological polar surface area (TPSA) is 35.5 Å². The molecule has 0 radical (unpaired) electrons. The fraction of sp³-hybridized carbons (Fsp3) is 0.857. The van der Waals surface area contributed by atoms with Crippen LogP contribution >= 0.6 is 11.6 Å². The van der Waals surface area contributed by atoms with Crippen molar-refractivity contribution in [1.82, 2.24) is 0 Å². The highest BCUT2D eigenvalue weighted by Crippen LogP contribution is 2.16. The van der Waals surface area contributed by atoms with Gasteiger partial charge < -0.3 is 9.47 Å². The molecule has 0 spiro atoms. The highest BCUT2D eigenvalue weighted by atomic mass is 35.5. The van der Waals surface area contributed by atoms with Gasteiger partial charge in [0.05, 0.1) is 13.0 Å². The molecule has 3 nitrogen and oxygen atoms in total. The molecule has 1 rings (SSSR count). The number of halogens is 1. The van der Waals surface area contributed by atoms with Crippen molar-refractivity contribution >= 4 is 17.6 Å². The van der Waals surface area contributed by atoms with E-state index in [0.29, 0.717) is 18.9 Å². The van der Waals surface area contributed by atoms with Crippen molar-refractivity contribution in [3.8, 4) is 0 Å². The molecule has 0 amide bonds. The Bertz CT molecular complexity index is 132. The van der Waals surface area contributed by atoms with E-state index in [1.165, 1.54) is 0 Å². The van der Waals surface area contributed by atoms with Crippen molar-refractivity contribution in [3.05, 3.63) is 0 Å². The molecule has 0 aromatic heterocycles. The third-order valence-electron chi connectivity index (χ3n) is 1.69. The molecule has 0 aliphatic carbocycles. The molecule has 0 N–H and O–H groups in total. The Morgan fingerprint density at radius 1 is 1.73 bits per heavy atom. The summed E-state index contributed by atoms with van der Waals surface area (Å²) in [6.45, 7) is 1.44. The summed E-state index contributed by atoms with van der Waals surface area (Å²) in [5.41, 5.74) is 0. The number of hydrogen-bond donors (Lipinski definition) is 0. The first kappa shape index (κ1) is 8.81. The molecule has 0 bridgehead atoms. The van der Waals surface area contributed by atoms with Crippen LogP contribution in [0.5, 0.6) is 0 Å². The third kappa shape index (κ3) is 3.08. The lowest BCUT2D eigenvalue weighted by molar-refractivity contribution is -0.142. The molecule has 1 heterocycles. The summed E-state index contributed by atoms with van der Waals surface area (Å²) >= 11 is 5.21. The van der Waals surface area contributed by atoms with Crippen molar-refractivity contribution in [3.63, 3.8) is 0 Å². The quantitative estimate of drug-likeness (QED) is 0.481. The second-order valence-electron chi connectivity index (χ2n) is 2.56. The molecule has 4 heteroatoms. The van der Waals surface area contributed by atoms with Crippen LogP contribution in [0.4, 0.5) is 0 Å². The first-order valence-corrected chi connectivity index (χ1v) is 4.15. The van der Waals surface area contributed by atoms with Crippen LogP contribution in [0.15, 0.2) is 0 Å². The van der Waals surface area contributed by atoms with Gasteiger partial charge in [-0.3, -0.25) is 4.79 Å². The highest BCUT2D eigenvalue weighted by molar-refractivity contribution is 6.17. The van der Waals surface area contributed by atoms with E-state index in [2.05, 4.69) is 4.74 Å². The average Bonchev–Trinajstić information content (AvgIpc) is 2.40. The molecule has 1 atom stereocenters. The zero-order valence-corrected chi connectivity index (χ0v) is 6.97. The zero-order chi connectivity index (χ0) is 8.10. The van der Waals surface area contributed by atoms with Gasteiger partial charge in [0.2, 0.25) is 0 Å². The van der Waals surface area contributed by atoms with Gasteiger partial charge in [-0.1, -0.05) is 11.6 Å². The first-order chi connectivity index (χ1) is 5.33. The predicted molar refractivity (Wildman–Crippen MR) is 40.4 cm³/mol. The van der Waals surface area contributed by atoms with E-state index in [-0.39, 0.29) is 12.0 Å². The molecular formula is C7H11ClO3. The van der Waals surface area contributed by atoms with Gasteiger partial charge in [0.25, 0.3) is 0 Å². The Morgan fingerprint density at radius 2 is 2.55 bits per heavy atom. The van der Waals surface area contributed by atoms with Crippen LogP contribution < -0.4 is 0 Å². The van der Waals surface area contributed by atoms with E-state index < -0.39 is 0 Å². The minimum atomic E-state index is -0.226. The normalized spacial score (nSPS) is 23.5. The predicted octanol–water partition coefficient (Wildman–Crippen LogP) is 1.15. The molecule has 1 aliphatic heterocycles. The van der Waals surface area contributed by atoms with E-state index >= 15 is 0 Å². The number of carbonyl (C=O) groups is 1. The van der Waals surface area contributed by atoms with Crippen molar-refractivity contribution in [2.45, 2.75) is 12.8 Å². The van der Waals surface area contributed by atoms with Crippen LogP contribution in [-0.2, 0) is 14.3 Å². The molecule has 1 fully saturated rings. The van der Waals surface area contributed by atoms with Gasteiger partial charge in [-0.15, -0.1) is 0 Å². The molecular weight excluding hydrogens is 168 g/mol. The summed E-state index contributed by atoms with van der Waals surface area (Å²) in [6.07, 6.45) is 1.39. The summed E-state index contributed by atoms with van der Waals surface area (Å²) in [5, 5.41) is 0. The van der Waals surface area contributed by atoms with Crippen molar-refractivity contribution in [2.24, 2.45) is 5.92 Å². The molecule has 1 unspecified atom stereocenters. The van der Waals surface area contributed by atoms with Crippen LogP contribution in [0.1, 0.15) is 12.8 Å². The van der Waals surface area contributed by atoms with Crippen molar-refractivity contribution < 1.29 is 14.3 Å². The molecule has 0 saturated carbocycles. The standard InChI is InChI=1S/C7H11ClO3/c8-5-11-7(9)3-6-1-2-10-4-6/h6H,1-5H2. The smallest absolute Gasteiger partial charge is 0.307 e. The minimum absolute atomic E-state index is 0.0492. The number of alkyl halides is 1. The fourth-order valence-corrected chi connectivity index (χ4v) is 1.22. The zero-order valence-electron chi connectivity index (χ0n) is 6.22. The van der Waals surface area contributed by atoms with Crippen molar-refractivity contribution in [2.75, 3.05) is 19.3 Å². The van der Waals surface area contributed by atoms with Crippen LogP contribution in [-0.4, -0.2) is 25.2 Å². The Morgan fingerprint density at radius 3 is 3.09 bits per heavy atom. The maximum atomic E-state index is 10.8. The number of esters is 1. The number of ether oxygens (including phenoxy) is 2. The molecule has 1 saturated heterocycles. The maximum absolute atomic E-state index is 10.8. The first-order valence-electron chi connectivity index (χ1n) is 3.62. The van der Waals surface area contributed by atoms with Crippen LogP contribution in [0.2, 0.25) is 0 Å². The van der Waals surface area contributed by atoms with E-state index in [9.17, 15) is 4.79 Å².